The molecule has 2 aliphatic carbocycles. The number of nitrogens with zero attached hydrogens (tertiary/aromatic N) is 3. The largest absolute Gasteiger partial charge is 0.456 e. The summed E-state index contributed by atoms with van der Waals surface area (Å²) in [5.74, 6) is 0. The Hall–Kier alpha value is -7.24. The van der Waals surface area contributed by atoms with E-state index in [9.17, 15) is 0 Å². The summed E-state index contributed by atoms with van der Waals surface area (Å²) in [6.07, 6.45) is 16.7. The molecule has 2 atom stereocenters. The van der Waals surface area contributed by atoms with Crippen molar-refractivity contribution in [3.63, 3.8) is 0 Å². The number of hydrogen-bond acceptors (Lipinski definition) is 4. The van der Waals surface area contributed by atoms with Crippen molar-refractivity contribution in [2.75, 3.05) is 14.7 Å². The van der Waals surface area contributed by atoms with Crippen molar-refractivity contribution in [1.29, 1.82) is 0 Å². The van der Waals surface area contributed by atoms with Gasteiger partial charge in [0.1, 0.15) is 11.2 Å². The van der Waals surface area contributed by atoms with E-state index in [4.69, 9.17) is 4.42 Å². The molecule has 0 amide bonds. The highest BCUT2D eigenvalue weighted by Gasteiger charge is 2.45. The highest BCUT2D eigenvalue weighted by atomic mass is 16.3. The van der Waals surface area contributed by atoms with Gasteiger partial charge in [-0.05, 0) is 162 Å². The molecule has 12 rings (SSSR count). The molecule has 79 heavy (non-hydrogen) atoms. The maximum Gasteiger partial charge on any atom is 0.252 e. The van der Waals surface area contributed by atoms with Crippen LogP contribution in [0.3, 0.4) is 0 Å². The number of benzene rings is 7. The molecule has 0 N–H and O–H groups in total. The van der Waals surface area contributed by atoms with Gasteiger partial charge >= 0.3 is 0 Å². The average molecular weight is 1040 g/mol. The maximum atomic E-state index is 6.51. The highest BCUT2D eigenvalue weighted by Crippen LogP contribution is 2.49. The summed E-state index contributed by atoms with van der Waals surface area (Å²) in [5.41, 5.74) is 23.3. The van der Waals surface area contributed by atoms with Crippen molar-refractivity contribution >= 4 is 84.9 Å². The monoisotopic (exact) mass is 1040 g/mol. The first-order chi connectivity index (χ1) is 37.3. The van der Waals surface area contributed by atoms with Gasteiger partial charge in [0.25, 0.3) is 6.71 Å². The zero-order valence-corrected chi connectivity index (χ0v) is 49.6. The first-order valence-electron chi connectivity index (χ1n) is 29.1. The van der Waals surface area contributed by atoms with Crippen LogP contribution in [0.15, 0.2) is 192 Å². The van der Waals surface area contributed by atoms with Crippen LogP contribution in [0.2, 0.25) is 0 Å². The van der Waals surface area contributed by atoms with Gasteiger partial charge in [0.15, 0.2) is 0 Å². The van der Waals surface area contributed by atoms with Crippen LogP contribution in [-0.4, -0.2) is 18.8 Å². The smallest absolute Gasteiger partial charge is 0.252 e. The minimum Gasteiger partial charge on any atom is -0.456 e. The molecule has 0 radical (unpaired) electrons. The summed E-state index contributed by atoms with van der Waals surface area (Å²) in [7, 11) is 0. The number of allylic oxidation sites excluding steroid dienone is 4. The normalized spacial score (nSPS) is 17.4. The van der Waals surface area contributed by atoms with E-state index in [1.54, 1.807) is 0 Å². The third-order valence-electron chi connectivity index (χ3n) is 17.5. The predicted molar refractivity (Wildman–Crippen MR) is 342 cm³/mol. The molecule has 4 nitrogen and oxygen atoms in total. The summed E-state index contributed by atoms with van der Waals surface area (Å²) >= 11 is 0. The molecule has 0 bridgehead atoms. The number of rotatable bonds is 6. The molecule has 8 aromatic rings. The van der Waals surface area contributed by atoms with Crippen molar-refractivity contribution in [2.24, 2.45) is 10.8 Å². The Bertz CT molecular complexity index is 3800. The van der Waals surface area contributed by atoms with E-state index in [1.807, 2.05) is 0 Å². The molecule has 400 valence electrons. The fraction of sp³-hybridized carbons (Fsp3) is 0.324. The van der Waals surface area contributed by atoms with Crippen LogP contribution in [0, 0.1) is 10.8 Å². The lowest BCUT2D eigenvalue weighted by atomic mass is 9.33. The first-order valence-corrected chi connectivity index (χ1v) is 29.1. The second kappa shape index (κ2) is 18.7. The summed E-state index contributed by atoms with van der Waals surface area (Å²) < 4.78 is 6.51. The summed E-state index contributed by atoms with van der Waals surface area (Å²) in [5, 5.41) is 2.28. The second-order valence-corrected chi connectivity index (χ2v) is 28.2. The molecule has 2 unspecified atom stereocenters. The minimum atomic E-state index is -0.164. The van der Waals surface area contributed by atoms with Gasteiger partial charge in [-0.25, -0.2) is 0 Å². The van der Waals surface area contributed by atoms with E-state index in [-0.39, 0.29) is 45.9 Å². The van der Waals surface area contributed by atoms with E-state index in [0.717, 1.165) is 51.6 Å². The van der Waals surface area contributed by atoms with Crippen LogP contribution in [0.4, 0.5) is 39.8 Å². The molecule has 7 aromatic carbocycles. The molecule has 0 fully saturated rings. The lowest BCUT2D eigenvalue weighted by Crippen LogP contribution is -2.61. The fourth-order valence-electron chi connectivity index (χ4n) is 12.9. The first kappa shape index (κ1) is 52.5. The van der Waals surface area contributed by atoms with Gasteiger partial charge in [-0.3, -0.25) is 0 Å². The minimum absolute atomic E-state index is 0.0262. The lowest BCUT2D eigenvalue weighted by Gasteiger charge is -2.46. The second-order valence-electron chi connectivity index (χ2n) is 28.2. The molecule has 5 heteroatoms. The summed E-state index contributed by atoms with van der Waals surface area (Å²) in [6, 6.07) is 54.0. The van der Waals surface area contributed by atoms with Crippen LogP contribution >= 0.6 is 0 Å². The number of anilines is 7. The molecule has 4 aliphatic rings. The van der Waals surface area contributed by atoms with Crippen LogP contribution < -0.4 is 31.1 Å². The van der Waals surface area contributed by atoms with Crippen LogP contribution in [0.1, 0.15) is 133 Å². The molecule has 3 heterocycles. The van der Waals surface area contributed by atoms with Crippen molar-refractivity contribution in [2.45, 2.75) is 145 Å². The number of hydrogen-bond donors (Lipinski definition) is 0. The molecule has 0 saturated carbocycles. The number of para-hydroxylation sites is 1. The Balaban J connectivity index is 1.14. The standard InChI is InChI=1S/C74H80BN3O/c1-70(2,3)48-26-33-53(34-27-48)76(54-35-28-49(29-36-54)71(4,5)6)57-39-40-60-63(46-57)78(56-21-18-20-47(42-56)58-23-19-25-67-68(58)59-22-16-17-24-66(59)79-67)65-45-52(74(13,14)15)44-64-69(65)75(60)61-43-51(73(10,11)12)32-41-62(61)77(64)55-37-30-50(31-38-55)72(7,8)9/h16-33,35,37-46,53-54H,34,36H2,1-15H3. The molecule has 2 aliphatic heterocycles. The van der Waals surface area contributed by atoms with Crippen molar-refractivity contribution in [1.82, 2.24) is 0 Å². The Morgan fingerprint density at radius 3 is 1.63 bits per heavy atom. The van der Waals surface area contributed by atoms with Gasteiger partial charge in [-0.1, -0.05) is 213 Å². The Kier molecular flexibility index (Phi) is 12.4. The Morgan fingerprint density at radius 2 is 1.04 bits per heavy atom. The number of furan rings is 1. The van der Waals surface area contributed by atoms with Crippen molar-refractivity contribution in [3.05, 3.63) is 204 Å². The van der Waals surface area contributed by atoms with Crippen LogP contribution in [0.5, 0.6) is 0 Å². The van der Waals surface area contributed by atoms with Crippen LogP contribution in [-0.2, 0) is 16.2 Å². The van der Waals surface area contributed by atoms with Gasteiger partial charge in [-0.2, -0.15) is 0 Å². The summed E-state index contributed by atoms with van der Waals surface area (Å²) in [6.45, 7) is 35.0. The zero-order chi connectivity index (χ0) is 55.7. The Morgan fingerprint density at radius 1 is 0.456 bits per heavy atom. The quantitative estimate of drug-likeness (QED) is 0.155. The van der Waals surface area contributed by atoms with Gasteiger partial charge in [0, 0.05) is 50.6 Å². The van der Waals surface area contributed by atoms with E-state index in [1.165, 1.54) is 78.3 Å². The zero-order valence-electron chi connectivity index (χ0n) is 49.6. The van der Waals surface area contributed by atoms with Gasteiger partial charge < -0.3 is 19.1 Å². The van der Waals surface area contributed by atoms with Crippen molar-refractivity contribution in [3.8, 4) is 11.1 Å². The van der Waals surface area contributed by atoms with Gasteiger partial charge in [0.2, 0.25) is 0 Å². The van der Waals surface area contributed by atoms with E-state index in [0.29, 0.717) is 0 Å². The number of fused-ring (bicyclic) bond motifs is 7. The molecular weight excluding hydrogens is 958 g/mol. The molecule has 0 spiro atoms. The topological polar surface area (TPSA) is 22.9 Å². The van der Waals surface area contributed by atoms with E-state index >= 15 is 0 Å². The molecular formula is C74H80BN3O. The molecule has 0 saturated heterocycles. The lowest BCUT2D eigenvalue weighted by molar-refractivity contribution is 0.501. The predicted octanol–water partition coefficient (Wildman–Crippen LogP) is 18.6. The highest BCUT2D eigenvalue weighted by molar-refractivity contribution is 7.00. The third kappa shape index (κ3) is 9.29. The van der Waals surface area contributed by atoms with E-state index in [2.05, 4.69) is 295 Å². The Labute approximate surface area is 472 Å². The SMILES string of the molecule is CC(C)(C)C1=CCC(N(c2ccc3c(c2)N(c2cccc(-c4cccc5oc6ccccc6c45)c2)c2cc(C(C)(C)C)cc4c2B3c2cc(C(C)(C)C)ccc2N4c2ccc(C(C)(C)C)cc2)C2C=CC(C(C)(C)C)=CC2)C=C1. The van der Waals surface area contributed by atoms with Gasteiger partial charge in [0.05, 0.1) is 12.1 Å². The van der Waals surface area contributed by atoms with E-state index < -0.39 is 0 Å². The third-order valence-corrected chi connectivity index (χ3v) is 17.5. The van der Waals surface area contributed by atoms with Crippen molar-refractivity contribution < 1.29 is 4.42 Å². The maximum absolute atomic E-state index is 6.51. The fourth-order valence-corrected chi connectivity index (χ4v) is 12.9. The molecule has 1 aromatic heterocycles. The van der Waals surface area contributed by atoms with Crippen LogP contribution in [0.25, 0.3) is 33.1 Å². The van der Waals surface area contributed by atoms with Gasteiger partial charge in [-0.15, -0.1) is 0 Å². The summed E-state index contributed by atoms with van der Waals surface area (Å²) in [4.78, 5) is 7.96. The average Bonchev–Trinajstić information content (AvgIpc) is 2.99.